The van der Waals surface area contributed by atoms with Gasteiger partial charge in [0.2, 0.25) is 0 Å². The van der Waals surface area contributed by atoms with E-state index in [-0.39, 0.29) is 17.5 Å². The number of nitrogens with two attached hydrogens (primary N) is 1. The van der Waals surface area contributed by atoms with Crippen LogP contribution in [0.15, 0.2) is 30.4 Å². The number of amides is 1. The third-order valence-electron chi connectivity index (χ3n) is 5.19. The van der Waals surface area contributed by atoms with Crippen molar-refractivity contribution in [2.75, 3.05) is 5.32 Å². The summed E-state index contributed by atoms with van der Waals surface area (Å²) in [5.74, 6) is 1.76. The van der Waals surface area contributed by atoms with Crippen molar-refractivity contribution in [1.82, 2.24) is 9.78 Å². The minimum Gasteiger partial charge on any atom is -0.532 e. The standard InChI is InChI=1S/C19H20BN5O3/c21-10-13-3-1-2-4-16(13)25-11-15(18(22)26)19(24-25)23-14-5-6-17-12(9-14)7-8-20(27)28-17/h5-9,11,13,16,27H,1-4H2,(H2,22,26)(H,23,24)/t13?,16-/m0/s1. The third-order valence-corrected chi connectivity index (χ3v) is 5.19. The van der Waals surface area contributed by atoms with Crippen molar-refractivity contribution in [3.8, 4) is 11.8 Å². The fourth-order valence-corrected chi connectivity index (χ4v) is 3.77. The molecule has 1 unspecified atom stereocenters. The van der Waals surface area contributed by atoms with Crippen LogP contribution in [0, 0.1) is 17.2 Å². The number of nitrogens with zero attached hydrogens (tertiary/aromatic N) is 3. The molecule has 0 radical (unpaired) electrons. The van der Waals surface area contributed by atoms with Gasteiger partial charge in [0.05, 0.1) is 18.0 Å². The number of primary amides is 1. The third kappa shape index (κ3) is 3.46. The topological polar surface area (TPSA) is 126 Å². The maximum Gasteiger partial charge on any atom is 0.552 e. The minimum absolute atomic E-state index is 0.0613. The highest BCUT2D eigenvalue weighted by atomic mass is 16.5. The van der Waals surface area contributed by atoms with Gasteiger partial charge < -0.3 is 20.7 Å². The Balaban J connectivity index is 1.63. The summed E-state index contributed by atoms with van der Waals surface area (Å²) in [4.78, 5) is 11.9. The Morgan fingerprint density at radius 1 is 1.43 bits per heavy atom. The Kier molecular flexibility index (Phi) is 4.80. The number of nitrogens with one attached hydrogen (secondary N) is 1. The number of hydrogen-bond donors (Lipinski definition) is 3. The van der Waals surface area contributed by atoms with E-state index in [0.717, 1.165) is 31.2 Å². The van der Waals surface area contributed by atoms with Crippen LogP contribution < -0.4 is 15.7 Å². The quantitative estimate of drug-likeness (QED) is 0.703. The SMILES string of the molecule is N#CC1CCCC[C@@H]1n1cc(C(N)=O)c(Nc2ccc3c(c2)C=CB(O)O3)n1. The van der Waals surface area contributed by atoms with E-state index < -0.39 is 13.0 Å². The molecule has 1 aromatic carbocycles. The van der Waals surface area contributed by atoms with E-state index in [9.17, 15) is 15.1 Å². The molecule has 142 valence electrons. The van der Waals surface area contributed by atoms with Gasteiger partial charge >= 0.3 is 7.12 Å². The lowest BCUT2D eigenvalue weighted by Crippen LogP contribution is -2.22. The number of hydrogen-bond acceptors (Lipinski definition) is 6. The molecule has 2 atom stereocenters. The Morgan fingerprint density at radius 2 is 2.25 bits per heavy atom. The highest BCUT2D eigenvalue weighted by Crippen LogP contribution is 2.35. The molecular formula is C19H20BN5O3. The van der Waals surface area contributed by atoms with E-state index >= 15 is 0 Å². The number of carbonyl (C=O) groups excluding carboxylic acids is 1. The minimum atomic E-state index is -0.952. The molecule has 8 nitrogen and oxygen atoms in total. The molecule has 4 N–H and O–H groups in total. The molecule has 0 bridgehead atoms. The summed E-state index contributed by atoms with van der Waals surface area (Å²) >= 11 is 0. The first-order valence-corrected chi connectivity index (χ1v) is 9.27. The molecule has 1 aliphatic heterocycles. The average molecular weight is 377 g/mol. The molecule has 0 spiro atoms. The van der Waals surface area contributed by atoms with E-state index in [1.165, 1.54) is 0 Å². The summed E-state index contributed by atoms with van der Waals surface area (Å²) in [7, 11) is -0.952. The van der Waals surface area contributed by atoms with E-state index in [2.05, 4.69) is 16.5 Å². The maximum atomic E-state index is 11.9. The second kappa shape index (κ2) is 7.41. The van der Waals surface area contributed by atoms with E-state index in [4.69, 9.17) is 10.4 Å². The number of carbonyl (C=O) groups is 1. The van der Waals surface area contributed by atoms with Gasteiger partial charge in [-0.15, -0.1) is 0 Å². The molecular weight excluding hydrogens is 357 g/mol. The van der Waals surface area contributed by atoms with Crippen molar-refractivity contribution >= 4 is 30.6 Å². The van der Waals surface area contributed by atoms with Crippen LogP contribution in [0.3, 0.4) is 0 Å². The van der Waals surface area contributed by atoms with Crippen LogP contribution >= 0.6 is 0 Å². The normalized spacial score (nSPS) is 20.8. The summed E-state index contributed by atoms with van der Waals surface area (Å²) in [6.45, 7) is 0. The van der Waals surface area contributed by atoms with Crippen molar-refractivity contribution in [2.45, 2.75) is 31.7 Å². The van der Waals surface area contributed by atoms with E-state index in [1.54, 1.807) is 35.1 Å². The van der Waals surface area contributed by atoms with Crippen LogP contribution in [0.25, 0.3) is 6.08 Å². The Hall–Kier alpha value is -3.25. The Morgan fingerprint density at radius 3 is 3.04 bits per heavy atom. The zero-order valence-corrected chi connectivity index (χ0v) is 15.2. The zero-order valence-electron chi connectivity index (χ0n) is 15.2. The first-order chi connectivity index (χ1) is 13.5. The van der Waals surface area contributed by atoms with Gasteiger partial charge in [0.25, 0.3) is 5.91 Å². The molecule has 1 aromatic heterocycles. The fourth-order valence-electron chi connectivity index (χ4n) is 3.77. The lowest BCUT2D eigenvalue weighted by molar-refractivity contribution is 0.100. The van der Waals surface area contributed by atoms with Gasteiger partial charge in [0.1, 0.15) is 11.3 Å². The van der Waals surface area contributed by atoms with Crippen molar-refractivity contribution < 1.29 is 14.5 Å². The largest absolute Gasteiger partial charge is 0.552 e. The predicted octanol–water partition coefficient (Wildman–Crippen LogP) is 2.41. The smallest absolute Gasteiger partial charge is 0.532 e. The number of nitriles is 1. The Labute approximate surface area is 162 Å². The molecule has 2 aromatic rings. The van der Waals surface area contributed by atoms with Crippen LogP contribution in [0.5, 0.6) is 5.75 Å². The number of aromatic nitrogens is 2. The first kappa shape index (κ1) is 18.1. The van der Waals surface area contributed by atoms with Gasteiger partial charge in [0.15, 0.2) is 5.82 Å². The molecule has 1 aliphatic carbocycles. The predicted molar refractivity (Wildman–Crippen MR) is 105 cm³/mol. The molecule has 28 heavy (non-hydrogen) atoms. The van der Waals surface area contributed by atoms with Crippen LogP contribution in [-0.4, -0.2) is 27.8 Å². The van der Waals surface area contributed by atoms with Crippen LogP contribution in [0.2, 0.25) is 0 Å². The van der Waals surface area contributed by atoms with Crippen LogP contribution in [0.1, 0.15) is 47.6 Å². The summed E-state index contributed by atoms with van der Waals surface area (Å²) in [6.07, 6.45) is 7.13. The fraction of sp³-hybridized carbons (Fsp3) is 0.316. The van der Waals surface area contributed by atoms with Crippen molar-refractivity contribution in [2.24, 2.45) is 11.7 Å². The summed E-state index contributed by atoms with van der Waals surface area (Å²) in [5, 5.41) is 26.6. The highest BCUT2D eigenvalue weighted by molar-refractivity contribution is 6.51. The summed E-state index contributed by atoms with van der Waals surface area (Å²) in [5.41, 5.74) is 7.33. The maximum absolute atomic E-state index is 11.9. The molecule has 1 amide bonds. The molecule has 1 fully saturated rings. The van der Waals surface area contributed by atoms with E-state index in [0.29, 0.717) is 17.3 Å². The summed E-state index contributed by atoms with van der Waals surface area (Å²) in [6, 6.07) is 7.64. The van der Waals surface area contributed by atoms with Gasteiger partial charge in [-0.25, -0.2) is 0 Å². The van der Waals surface area contributed by atoms with E-state index in [1.807, 2.05) is 6.07 Å². The zero-order chi connectivity index (χ0) is 19.7. The number of fused-ring (bicyclic) bond motifs is 1. The van der Waals surface area contributed by atoms with Gasteiger partial charge in [-0.1, -0.05) is 18.9 Å². The van der Waals surface area contributed by atoms with Gasteiger partial charge in [0, 0.05) is 17.4 Å². The van der Waals surface area contributed by atoms with Gasteiger partial charge in [-0.2, -0.15) is 10.4 Å². The molecule has 1 saturated carbocycles. The first-order valence-electron chi connectivity index (χ1n) is 9.27. The molecule has 2 aliphatic rings. The van der Waals surface area contributed by atoms with Crippen molar-refractivity contribution in [1.29, 1.82) is 5.26 Å². The number of anilines is 2. The number of rotatable bonds is 4. The lowest BCUT2D eigenvalue weighted by Gasteiger charge is -2.26. The van der Waals surface area contributed by atoms with Crippen LogP contribution in [-0.2, 0) is 0 Å². The second-order valence-corrected chi connectivity index (χ2v) is 7.07. The van der Waals surface area contributed by atoms with Gasteiger partial charge in [-0.3, -0.25) is 9.48 Å². The average Bonchev–Trinajstić information content (AvgIpc) is 3.12. The Bertz CT molecular complexity index is 980. The second-order valence-electron chi connectivity index (χ2n) is 7.07. The molecule has 4 rings (SSSR count). The lowest BCUT2D eigenvalue weighted by atomic mass is 9.85. The molecule has 2 heterocycles. The van der Waals surface area contributed by atoms with Crippen molar-refractivity contribution in [3.05, 3.63) is 41.5 Å². The highest BCUT2D eigenvalue weighted by Gasteiger charge is 2.29. The molecule has 0 saturated heterocycles. The van der Waals surface area contributed by atoms with Crippen LogP contribution in [0.4, 0.5) is 11.5 Å². The van der Waals surface area contributed by atoms with Gasteiger partial charge in [-0.05, 0) is 37.0 Å². The number of benzene rings is 1. The molecule has 9 heteroatoms. The summed E-state index contributed by atoms with van der Waals surface area (Å²) < 4.78 is 7.02. The monoisotopic (exact) mass is 377 g/mol. The van der Waals surface area contributed by atoms with Crippen molar-refractivity contribution in [3.63, 3.8) is 0 Å².